The molecule has 0 bridgehead atoms. The maximum absolute atomic E-state index is 11.8. The summed E-state index contributed by atoms with van der Waals surface area (Å²) in [6.07, 6.45) is 3.07. The highest BCUT2D eigenvalue weighted by Crippen LogP contribution is 2.05. The van der Waals surface area contributed by atoms with Crippen LogP contribution in [0.5, 0.6) is 0 Å². The Bertz CT molecular complexity index is 617. The number of hydrogen-bond donors (Lipinski definition) is 3. The number of nitrogens with one attached hydrogen (secondary N) is 3. The zero-order valence-corrected chi connectivity index (χ0v) is 12.2. The van der Waals surface area contributed by atoms with E-state index < -0.39 is 11.8 Å². The van der Waals surface area contributed by atoms with E-state index in [2.05, 4.69) is 20.9 Å². The number of rotatable bonds is 5. The van der Waals surface area contributed by atoms with Crippen LogP contribution in [0.15, 0.2) is 54.9 Å². The topological polar surface area (TPSA) is 83.1 Å². The first kappa shape index (κ1) is 15.5. The van der Waals surface area contributed by atoms with Crippen LogP contribution in [0.4, 0.5) is 11.4 Å². The Balaban J connectivity index is 1.77. The minimum Gasteiger partial charge on any atom is -0.383 e. The van der Waals surface area contributed by atoms with Gasteiger partial charge in [-0.3, -0.25) is 14.6 Å². The van der Waals surface area contributed by atoms with E-state index in [0.717, 1.165) is 5.69 Å². The van der Waals surface area contributed by atoms with Crippen molar-refractivity contribution in [1.29, 1.82) is 0 Å². The second kappa shape index (κ2) is 7.78. The van der Waals surface area contributed by atoms with Crippen molar-refractivity contribution in [2.45, 2.75) is 13.0 Å². The largest absolute Gasteiger partial charge is 0.383 e. The number of carbonyl (C=O) groups excluding carboxylic acids is 2. The summed E-state index contributed by atoms with van der Waals surface area (Å²) < 4.78 is 0. The highest BCUT2D eigenvalue weighted by molar-refractivity contribution is 6.39. The first-order valence-electron chi connectivity index (χ1n) is 6.96. The minimum atomic E-state index is -0.709. The molecule has 0 saturated carbocycles. The monoisotopic (exact) mass is 298 g/mol. The summed E-state index contributed by atoms with van der Waals surface area (Å²) in [7, 11) is 0. The van der Waals surface area contributed by atoms with E-state index in [9.17, 15) is 9.59 Å². The van der Waals surface area contributed by atoms with E-state index in [-0.39, 0.29) is 6.04 Å². The molecular formula is C16H18N4O2. The van der Waals surface area contributed by atoms with Crippen LogP contribution < -0.4 is 16.0 Å². The fourth-order valence-electron chi connectivity index (χ4n) is 1.79. The Hall–Kier alpha value is -2.89. The molecule has 0 unspecified atom stereocenters. The first-order chi connectivity index (χ1) is 10.6. The van der Waals surface area contributed by atoms with Crippen molar-refractivity contribution < 1.29 is 9.59 Å². The van der Waals surface area contributed by atoms with Crippen LogP contribution in [0.3, 0.4) is 0 Å². The lowest BCUT2D eigenvalue weighted by molar-refractivity contribution is -0.136. The van der Waals surface area contributed by atoms with Gasteiger partial charge in [-0.05, 0) is 31.2 Å². The van der Waals surface area contributed by atoms with E-state index >= 15 is 0 Å². The van der Waals surface area contributed by atoms with Crippen molar-refractivity contribution in [1.82, 2.24) is 10.3 Å². The highest BCUT2D eigenvalue weighted by Gasteiger charge is 2.16. The molecule has 2 aromatic rings. The SMILES string of the molecule is C[C@H](CNc1ccccc1)NC(=O)C(=O)Nc1cccnc1. The van der Waals surface area contributed by atoms with Gasteiger partial charge in [0.1, 0.15) is 0 Å². The molecule has 22 heavy (non-hydrogen) atoms. The number of benzene rings is 1. The van der Waals surface area contributed by atoms with Crippen LogP contribution in [0, 0.1) is 0 Å². The fourth-order valence-corrected chi connectivity index (χ4v) is 1.79. The lowest BCUT2D eigenvalue weighted by Gasteiger charge is -2.15. The Kier molecular flexibility index (Phi) is 5.48. The summed E-state index contributed by atoms with van der Waals surface area (Å²) in [5.41, 5.74) is 1.45. The van der Waals surface area contributed by atoms with Gasteiger partial charge in [-0.15, -0.1) is 0 Å². The molecule has 1 aromatic carbocycles. The van der Waals surface area contributed by atoms with E-state index in [4.69, 9.17) is 0 Å². The molecule has 2 amide bonds. The Morgan fingerprint density at radius 2 is 1.77 bits per heavy atom. The summed E-state index contributed by atoms with van der Waals surface area (Å²) in [5.74, 6) is -1.38. The molecule has 6 nitrogen and oxygen atoms in total. The van der Waals surface area contributed by atoms with E-state index in [1.165, 1.54) is 6.20 Å². The summed E-state index contributed by atoms with van der Waals surface area (Å²) in [4.78, 5) is 27.4. The second-order valence-electron chi connectivity index (χ2n) is 4.82. The summed E-state index contributed by atoms with van der Waals surface area (Å²) >= 11 is 0. The number of carbonyl (C=O) groups is 2. The Morgan fingerprint density at radius 1 is 1.05 bits per heavy atom. The van der Waals surface area contributed by atoms with Gasteiger partial charge < -0.3 is 16.0 Å². The fraction of sp³-hybridized carbons (Fsp3) is 0.188. The third kappa shape index (κ3) is 4.90. The predicted molar refractivity (Wildman–Crippen MR) is 85.4 cm³/mol. The Labute approximate surface area is 129 Å². The van der Waals surface area contributed by atoms with E-state index in [0.29, 0.717) is 12.2 Å². The number of aromatic nitrogens is 1. The molecule has 1 atom stereocenters. The van der Waals surface area contributed by atoms with Gasteiger partial charge in [0.05, 0.1) is 11.9 Å². The lowest BCUT2D eigenvalue weighted by Crippen LogP contribution is -2.43. The standard InChI is InChI=1S/C16H18N4O2/c1-12(10-18-13-6-3-2-4-7-13)19-15(21)16(22)20-14-8-5-9-17-11-14/h2-9,11-12,18H,10H2,1H3,(H,19,21)(H,20,22)/t12-/m1/s1. The molecule has 1 heterocycles. The van der Waals surface area contributed by atoms with Gasteiger partial charge in [0.2, 0.25) is 0 Å². The van der Waals surface area contributed by atoms with Gasteiger partial charge in [0.15, 0.2) is 0 Å². The average Bonchev–Trinajstić information content (AvgIpc) is 2.55. The molecule has 0 aliphatic heterocycles. The van der Waals surface area contributed by atoms with Crippen LogP contribution in [0.25, 0.3) is 0 Å². The smallest absolute Gasteiger partial charge is 0.313 e. The molecule has 0 radical (unpaired) electrons. The minimum absolute atomic E-state index is 0.188. The number of anilines is 2. The van der Waals surface area contributed by atoms with E-state index in [1.54, 1.807) is 18.3 Å². The average molecular weight is 298 g/mol. The van der Waals surface area contributed by atoms with Gasteiger partial charge in [-0.25, -0.2) is 0 Å². The lowest BCUT2D eigenvalue weighted by atomic mass is 10.3. The quantitative estimate of drug-likeness (QED) is 0.733. The zero-order valence-electron chi connectivity index (χ0n) is 12.2. The van der Waals surface area contributed by atoms with Crippen molar-refractivity contribution in [3.63, 3.8) is 0 Å². The van der Waals surface area contributed by atoms with Crippen molar-refractivity contribution in [2.24, 2.45) is 0 Å². The maximum Gasteiger partial charge on any atom is 0.313 e. The van der Waals surface area contributed by atoms with Crippen molar-refractivity contribution in [3.05, 3.63) is 54.9 Å². The van der Waals surface area contributed by atoms with Crippen LogP contribution in [0.2, 0.25) is 0 Å². The summed E-state index contributed by atoms with van der Waals surface area (Å²) in [5, 5.41) is 8.31. The second-order valence-corrected chi connectivity index (χ2v) is 4.82. The number of pyridine rings is 1. The molecular weight excluding hydrogens is 280 g/mol. The third-order valence-corrected chi connectivity index (χ3v) is 2.89. The normalized spacial score (nSPS) is 11.3. The Morgan fingerprint density at radius 3 is 2.45 bits per heavy atom. The van der Waals surface area contributed by atoms with Crippen molar-refractivity contribution in [2.75, 3.05) is 17.2 Å². The summed E-state index contributed by atoms with van der Waals surface area (Å²) in [6, 6.07) is 12.8. The molecule has 2 rings (SSSR count). The third-order valence-electron chi connectivity index (χ3n) is 2.89. The van der Waals surface area contributed by atoms with Gasteiger partial charge in [-0.1, -0.05) is 18.2 Å². The molecule has 0 saturated heterocycles. The van der Waals surface area contributed by atoms with Crippen molar-refractivity contribution in [3.8, 4) is 0 Å². The van der Waals surface area contributed by atoms with E-state index in [1.807, 2.05) is 37.3 Å². The van der Waals surface area contributed by atoms with Gasteiger partial charge in [-0.2, -0.15) is 0 Å². The van der Waals surface area contributed by atoms with Crippen LogP contribution >= 0.6 is 0 Å². The van der Waals surface area contributed by atoms with Crippen LogP contribution in [0.1, 0.15) is 6.92 Å². The number of para-hydroxylation sites is 1. The zero-order chi connectivity index (χ0) is 15.8. The molecule has 0 fully saturated rings. The molecule has 0 aliphatic rings. The van der Waals surface area contributed by atoms with Gasteiger partial charge in [0.25, 0.3) is 0 Å². The maximum atomic E-state index is 11.8. The highest BCUT2D eigenvalue weighted by atomic mass is 16.2. The number of nitrogens with zero attached hydrogens (tertiary/aromatic N) is 1. The van der Waals surface area contributed by atoms with Gasteiger partial charge >= 0.3 is 11.8 Å². The number of hydrogen-bond acceptors (Lipinski definition) is 4. The molecule has 3 N–H and O–H groups in total. The summed E-state index contributed by atoms with van der Waals surface area (Å²) in [6.45, 7) is 2.35. The van der Waals surface area contributed by atoms with Crippen LogP contribution in [-0.2, 0) is 9.59 Å². The molecule has 0 spiro atoms. The molecule has 114 valence electrons. The molecule has 1 aromatic heterocycles. The number of amides is 2. The van der Waals surface area contributed by atoms with Crippen molar-refractivity contribution >= 4 is 23.2 Å². The predicted octanol–water partition coefficient (Wildman–Crippen LogP) is 1.64. The molecule has 0 aliphatic carbocycles. The first-order valence-corrected chi connectivity index (χ1v) is 6.96. The van der Waals surface area contributed by atoms with Crippen LogP contribution in [-0.4, -0.2) is 29.4 Å². The van der Waals surface area contributed by atoms with Gasteiger partial charge in [0, 0.05) is 24.5 Å². The molecule has 6 heteroatoms.